The number of nitrogens with zero attached hydrogens (tertiary/aromatic N) is 2. The maximum atomic E-state index is 12.7. The summed E-state index contributed by atoms with van der Waals surface area (Å²) in [6.45, 7) is 0. The highest BCUT2D eigenvalue weighted by atomic mass is 19.4. The quantitative estimate of drug-likeness (QED) is 0.549. The summed E-state index contributed by atoms with van der Waals surface area (Å²) in [6.07, 6.45) is -2.99. The van der Waals surface area contributed by atoms with E-state index in [-0.39, 0.29) is 17.5 Å². The zero-order valence-corrected chi connectivity index (χ0v) is 13.6. The summed E-state index contributed by atoms with van der Waals surface area (Å²) < 4.78 is 39.0. The van der Waals surface area contributed by atoms with E-state index >= 15 is 0 Å². The van der Waals surface area contributed by atoms with Crippen LogP contribution >= 0.6 is 0 Å². The maximum absolute atomic E-state index is 12.7. The zero-order valence-electron chi connectivity index (χ0n) is 13.6. The molecule has 0 aliphatic heterocycles. The first-order valence-electron chi connectivity index (χ1n) is 7.70. The van der Waals surface area contributed by atoms with E-state index in [2.05, 4.69) is 10.3 Å². The maximum Gasteiger partial charge on any atom is 0.416 e. The third kappa shape index (κ3) is 3.57. The van der Waals surface area contributed by atoms with Crippen molar-refractivity contribution in [2.45, 2.75) is 12.3 Å². The van der Waals surface area contributed by atoms with Gasteiger partial charge in [-0.25, -0.2) is 0 Å². The van der Waals surface area contributed by atoms with Crippen LogP contribution in [0.25, 0.3) is 10.9 Å². The van der Waals surface area contributed by atoms with Crippen molar-refractivity contribution in [3.8, 4) is 0 Å². The van der Waals surface area contributed by atoms with E-state index in [4.69, 9.17) is 0 Å². The van der Waals surface area contributed by atoms with Gasteiger partial charge in [-0.3, -0.25) is 23.9 Å². The molecule has 2 heterocycles. The van der Waals surface area contributed by atoms with Crippen molar-refractivity contribution in [2.24, 2.45) is 0 Å². The van der Waals surface area contributed by atoms with Crippen molar-refractivity contribution in [2.75, 3.05) is 0 Å². The second kappa shape index (κ2) is 7.02. The van der Waals surface area contributed by atoms with Gasteiger partial charge in [-0.15, -0.1) is 0 Å². The number of amides is 1. The van der Waals surface area contributed by atoms with Gasteiger partial charge in [0.2, 0.25) is 12.2 Å². The van der Waals surface area contributed by atoms with E-state index < -0.39 is 29.2 Å². The minimum Gasteiger partial charge on any atom is -0.332 e. The molecule has 2 aromatic heterocycles. The fraction of sp³-hybridized carbons (Fsp3) is 0.111. The number of aromatic nitrogens is 2. The molecular weight excluding hydrogens is 363 g/mol. The standard InChI is InChI=1S/C18H12F3N3O3/c19-18(20,21)13-5-3-12(4-6-13)15(26)16(23-10-25)24-9-7-11-2-1-8-22-14(11)17(24)27/h1-10,16H,(H,23,25). The highest BCUT2D eigenvalue weighted by Gasteiger charge is 2.31. The molecule has 1 aromatic carbocycles. The van der Waals surface area contributed by atoms with Gasteiger partial charge in [-0.2, -0.15) is 13.2 Å². The molecule has 1 amide bonds. The number of benzene rings is 1. The minimum absolute atomic E-state index is 0.0876. The second-order valence-corrected chi connectivity index (χ2v) is 5.60. The van der Waals surface area contributed by atoms with Gasteiger partial charge in [0.05, 0.1) is 5.56 Å². The third-order valence-corrected chi connectivity index (χ3v) is 3.94. The number of halogens is 3. The Labute approximate surface area is 150 Å². The Kier molecular flexibility index (Phi) is 4.76. The van der Waals surface area contributed by atoms with Crippen LogP contribution < -0.4 is 10.9 Å². The van der Waals surface area contributed by atoms with Crippen LogP contribution in [0.4, 0.5) is 13.2 Å². The molecule has 9 heteroatoms. The van der Waals surface area contributed by atoms with Gasteiger partial charge in [0, 0.05) is 23.3 Å². The first-order valence-corrected chi connectivity index (χ1v) is 7.70. The molecule has 0 radical (unpaired) electrons. The van der Waals surface area contributed by atoms with E-state index in [9.17, 15) is 27.6 Å². The van der Waals surface area contributed by atoms with Crippen LogP contribution in [-0.4, -0.2) is 21.7 Å². The van der Waals surface area contributed by atoms with E-state index in [1.807, 2.05) is 0 Å². The number of carbonyl (C=O) groups excluding carboxylic acids is 2. The summed E-state index contributed by atoms with van der Waals surface area (Å²) in [5, 5.41) is 2.78. The predicted octanol–water partition coefficient (Wildman–Crippen LogP) is 2.54. The summed E-state index contributed by atoms with van der Waals surface area (Å²) >= 11 is 0. The molecule has 3 aromatic rings. The summed E-state index contributed by atoms with van der Waals surface area (Å²) in [5.41, 5.74) is -1.52. The number of nitrogens with one attached hydrogen (secondary N) is 1. The molecule has 27 heavy (non-hydrogen) atoms. The number of hydrogen-bond donors (Lipinski definition) is 1. The van der Waals surface area contributed by atoms with Crippen molar-refractivity contribution < 1.29 is 22.8 Å². The molecule has 3 rings (SSSR count). The van der Waals surface area contributed by atoms with Crippen molar-refractivity contribution in [3.05, 3.63) is 76.3 Å². The Hall–Kier alpha value is -3.49. The Balaban J connectivity index is 2.03. The van der Waals surface area contributed by atoms with Gasteiger partial charge in [0.15, 0.2) is 6.17 Å². The first kappa shape index (κ1) is 18.3. The molecule has 0 fully saturated rings. The molecule has 0 spiro atoms. The molecule has 0 aliphatic rings. The monoisotopic (exact) mass is 375 g/mol. The van der Waals surface area contributed by atoms with Gasteiger partial charge < -0.3 is 5.32 Å². The van der Waals surface area contributed by atoms with Crippen molar-refractivity contribution in [3.63, 3.8) is 0 Å². The Morgan fingerprint density at radius 3 is 2.48 bits per heavy atom. The van der Waals surface area contributed by atoms with E-state index in [1.54, 1.807) is 18.2 Å². The number of hydrogen-bond acceptors (Lipinski definition) is 4. The Morgan fingerprint density at radius 1 is 1.15 bits per heavy atom. The number of Topliss-reactive ketones (excluding diaryl/α,β-unsaturated/α-hetero) is 1. The molecular formula is C18H12F3N3O3. The smallest absolute Gasteiger partial charge is 0.332 e. The van der Waals surface area contributed by atoms with Crippen molar-refractivity contribution in [1.82, 2.24) is 14.9 Å². The van der Waals surface area contributed by atoms with Crippen molar-refractivity contribution >= 4 is 23.1 Å². The number of alkyl halides is 3. The van der Waals surface area contributed by atoms with E-state index in [0.717, 1.165) is 28.8 Å². The number of carbonyl (C=O) groups is 2. The fourth-order valence-corrected chi connectivity index (χ4v) is 2.61. The van der Waals surface area contributed by atoms with Gasteiger partial charge in [-0.05, 0) is 24.3 Å². The van der Waals surface area contributed by atoms with E-state index in [0.29, 0.717) is 5.39 Å². The van der Waals surface area contributed by atoms with Crippen molar-refractivity contribution in [1.29, 1.82) is 0 Å². The fourth-order valence-electron chi connectivity index (χ4n) is 2.61. The molecule has 0 aliphatic carbocycles. The molecule has 1 atom stereocenters. The van der Waals surface area contributed by atoms with Crippen LogP contribution in [0, 0.1) is 0 Å². The predicted molar refractivity (Wildman–Crippen MR) is 90.0 cm³/mol. The SMILES string of the molecule is O=CNC(C(=O)c1ccc(C(F)(F)F)cc1)n1ccc2cccnc2c1=O. The average molecular weight is 375 g/mol. The highest BCUT2D eigenvalue weighted by molar-refractivity contribution is 5.99. The van der Waals surface area contributed by atoms with Crippen LogP contribution in [0.15, 0.2) is 59.7 Å². The number of pyridine rings is 2. The molecule has 0 bridgehead atoms. The molecule has 1 N–H and O–H groups in total. The van der Waals surface area contributed by atoms with Crippen LogP contribution in [0.2, 0.25) is 0 Å². The Bertz CT molecular complexity index is 1060. The third-order valence-electron chi connectivity index (χ3n) is 3.94. The Morgan fingerprint density at radius 2 is 1.85 bits per heavy atom. The molecule has 1 unspecified atom stereocenters. The van der Waals surface area contributed by atoms with Gasteiger partial charge >= 0.3 is 6.18 Å². The molecule has 138 valence electrons. The lowest BCUT2D eigenvalue weighted by Crippen LogP contribution is -2.39. The minimum atomic E-state index is -4.54. The first-order chi connectivity index (χ1) is 12.8. The summed E-state index contributed by atoms with van der Waals surface area (Å²) in [4.78, 5) is 40.2. The van der Waals surface area contributed by atoms with Gasteiger partial charge in [0.1, 0.15) is 5.52 Å². The van der Waals surface area contributed by atoms with Crippen LogP contribution in [0.5, 0.6) is 0 Å². The number of fused-ring (bicyclic) bond motifs is 1. The summed E-state index contributed by atoms with van der Waals surface area (Å²) in [7, 11) is 0. The van der Waals surface area contributed by atoms with Gasteiger partial charge in [-0.1, -0.05) is 18.2 Å². The van der Waals surface area contributed by atoms with Gasteiger partial charge in [0.25, 0.3) is 5.56 Å². The number of ketones is 1. The van der Waals surface area contributed by atoms with Crippen LogP contribution in [0.1, 0.15) is 22.1 Å². The summed E-state index contributed by atoms with van der Waals surface area (Å²) in [6, 6.07) is 8.35. The number of rotatable bonds is 5. The summed E-state index contributed by atoms with van der Waals surface area (Å²) in [5.74, 6) is -0.742. The average Bonchev–Trinajstić information content (AvgIpc) is 2.66. The normalized spacial score (nSPS) is 12.6. The highest BCUT2D eigenvalue weighted by Crippen LogP contribution is 2.29. The van der Waals surface area contributed by atoms with Crippen LogP contribution in [0.3, 0.4) is 0 Å². The molecule has 0 saturated carbocycles. The lowest BCUT2D eigenvalue weighted by atomic mass is 10.1. The topological polar surface area (TPSA) is 81.1 Å². The molecule has 6 nitrogen and oxygen atoms in total. The van der Waals surface area contributed by atoms with E-state index in [1.165, 1.54) is 12.4 Å². The lowest BCUT2D eigenvalue weighted by Gasteiger charge is -2.18. The molecule has 0 saturated heterocycles. The zero-order chi connectivity index (χ0) is 19.6. The largest absolute Gasteiger partial charge is 0.416 e. The van der Waals surface area contributed by atoms with Crippen LogP contribution in [-0.2, 0) is 11.0 Å². The second-order valence-electron chi connectivity index (χ2n) is 5.60. The lowest BCUT2D eigenvalue weighted by molar-refractivity contribution is -0.137.